The van der Waals surface area contributed by atoms with Crippen LogP contribution in [0.25, 0.3) is 11.1 Å². The molecule has 0 aromatic heterocycles. The third kappa shape index (κ3) is 5.86. The molecule has 4 rings (SSSR count). The largest absolute Gasteiger partial charge is 0.489 e. The predicted octanol–water partition coefficient (Wildman–Crippen LogP) is 9.31. The van der Waals surface area contributed by atoms with Crippen LogP contribution in [0.1, 0.15) is 5.56 Å². The van der Waals surface area contributed by atoms with Gasteiger partial charge in [0.1, 0.15) is 12.4 Å². The van der Waals surface area contributed by atoms with Crippen LogP contribution in [0.5, 0.6) is 5.75 Å². The van der Waals surface area contributed by atoms with E-state index in [0.717, 1.165) is 33.1 Å². The molecule has 31 heavy (non-hydrogen) atoms. The van der Waals surface area contributed by atoms with Gasteiger partial charge in [0.05, 0.1) is 21.4 Å². The Labute approximate surface area is 195 Å². The highest BCUT2D eigenvalue weighted by Gasteiger charge is 2.02. The van der Waals surface area contributed by atoms with E-state index in [0.29, 0.717) is 22.3 Å². The highest BCUT2D eigenvalue weighted by molar-refractivity contribution is 6.42. The van der Waals surface area contributed by atoms with Crippen molar-refractivity contribution in [2.45, 2.75) is 6.61 Å². The second-order valence-corrected chi connectivity index (χ2v) is 8.04. The summed E-state index contributed by atoms with van der Waals surface area (Å²) in [5.74, 6) is 0.811. The van der Waals surface area contributed by atoms with Crippen molar-refractivity contribution >= 4 is 46.2 Å². The lowest BCUT2D eigenvalue weighted by Gasteiger charge is -2.08. The molecule has 0 bridgehead atoms. The van der Waals surface area contributed by atoms with Crippen LogP contribution in [0.2, 0.25) is 15.1 Å². The zero-order valence-corrected chi connectivity index (χ0v) is 18.6. The van der Waals surface area contributed by atoms with Crippen LogP contribution in [0.4, 0.5) is 11.4 Å². The molecule has 0 saturated heterocycles. The fourth-order valence-corrected chi connectivity index (χ4v) is 3.29. The van der Waals surface area contributed by atoms with E-state index in [9.17, 15) is 0 Å². The first-order valence-electron chi connectivity index (χ1n) is 9.51. The summed E-state index contributed by atoms with van der Waals surface area (Å²) in [6, 6.07) is 28.6. The molecule has 0 aliphatic carbocycles. The van der Waals surface area contributed by atoms with E-state index in [4.69, 9.17) is 39.5 Å². The summed E-state index contributed by atoms with van der Waals surface area (Å²) in [6.45, 7) is 0.495. The van der Waals surface area contributed by atoms with Crippen molar-refractivity contribution in [1.29, 1.82) is 0 Å². The molecule has 4 aromatic carbocycles. The minimum absolute atomic E-state index is 0.453. The molecule has 6 heteroatoms. The molecule has 0 saturated carbocycles. The van der Waals surface area contributed by atoms with Crippen LogP contribution in [0, 0.1) is 0 Å². The third-order valence-corrected chi connectivity index (χ3v) is 5.55. The van der Waals surface area contributed by atoms with E-state index in [1.807, 2.05) is 72.8 Å². The topological polar surface area (TPSA) is 34.0 Å². The fraction of sp³-hybridized carbons (Fsp3) is 0.0400. The summed E-state index contributed by atoms with van der Waals surface area (Å²) in [6.07, 6.45) is 0. The number of benzene rings is 4. The summed E-state index contributed by atoms with van der Waals surface area (Å²) >= 11 is 17.8. The van der Waals surface area contributed by atoms with E-state index >= 15 is 0 Å². The minimum atomic E-state index is 0.453. The lowest BCUT2D eigenvalue weighted by Crippen LogP contribution is -1.94. The second kappa shape index (κ2) is 9.97. The Hall–Kier alpha value is -2.85. The smallest absolute Gasteiger partial charge is 0.119 e. The zero-order chi connectivity index (χ0) is 21.6. The van der Waals surface area contributed by atoms with E-state index < -0.39 is 0 Å². The van der Waals surface area contributed by atoms with Gasteiger partial charge in [0, 0.05) is 5.02 Å². The van der Waals surface area contributed by atoms with Crippen molar-refractivity contribution in [3.05, 3.63) is 112 Å². The number of ether oxygens (including phenoxy) is 1. The molecule has 0 unspecified atom stereocenters. The van der Waals surface area contributed by atoms with Crippen molar-refractivity contribution in [1.82, 2.24) is 0 Å². The first-order chi connectivity index (χ1) is 15.1. The van der Waals surface area contributed by atoms with Gasteiger partial charge in [-0.3, -0.25) is 0 Å². The molecule has 4 aromatic rings. The Kier molecular flexibility index (Phi) is 6.88. The van der Waals surface area contributed by atoms with Gasteiger partial charge in [-0.25, -0.2) is 0 Å². The molecular formula is C25H17Cl3N2O. The van der Waals surface area contributed by atoms with Gasteiger partial charge in [-0.05, 0) is 71.3 Å². The molecule has 0 atom stereocenters. The lowest BCUT2D eigenvalue weighted by molar-refractivity contribution is 0.306. The maximum atomic E-state index is 6.00. The van der Waals surface area contributed by atoms with Gasteiger partial charge in [-0.1, -0.05) is 71.2 Å². The van der Waals surface area contributed by atoms with Crippen LogP contribution in [0.15, 0.2) is 101 Å². The molecule has 3 nitrogen and oxygen atoms in total. The molecule has 0 aliphatic rings. The van der Waals surface area contributed by atoms with E-state index in [-0.39, 0.29) is 0 Å². The summed E-state index contributed by atoms with van der Waals surface area (Å²) in [4.78, 5) is 0. The van der Waals surface area contributed by atoms with Crippen LogP contribution >= 0.6 is 34.8 Å². The van der Waals surface area contributed by atoms with Crippen LogP contribution in [-0.4, -0.2) is 0 Å². The van der Waals surface area contributed by atoms with Crippen LogP contribution < -0.4 is 4.74 Å². The standard InChI is InChI=1S/C25H17Cl3N2O/c26-20-7-1-17(2-8-20)16-31-23-12-5-19(6-13-23)18-3-9-21(10-4-18)29-30-22-11-14-24(27)25(28)15-22/h1-15H,16H2. The molecule has 0 radical (unpaired) electrons. The summed E-state index contributed by atoms with van der Waals surface area (Å²) in [5.41, 5.74) is 4.63. The maximum Gasteiger partial charge on any atom is 0.119 e. The Morgan fingerprint density at radius 2 is 1.16 bits per heavy atom. The van der Waals surface area contributed by atoms with Gasteiger partial charge in [0.25, 0.3) is 0 Å². The van der Waals surface area contributed by atoms with Crippen molar-refractivity contribution in [2.75, 3.05) is 0 Å². The number of rotatable bonds is 6. The van der Waals surface area contributed by atoms with Crippen molar-refractivity contribution in [2.24, 2.45) is 10.2 Å². The Balaban J connectivity index is 1.38. The quantitative estimate of drug-likeness (QED) is 0.260. The number of nitrogens with zero attached hydrogens (tertiary/aromatic N) is 2. The third-order valence-electron chi connectivity index (χ3n) is 4.56. The minimum Gasteiger partial charge on any atom is -0.489 e. The highest BCUT2D eigenvalue weighted by atomic mass is 35.5. The fourth-order valence-electron chi connectivity index (χ4n) is 2.87. The SMILES string of the molecule is Clc1ccc(COc2ccc(-c3ccc(N=Nc4ccc(Cl)c(Cl)c4)cc3)cc2)cc1. The maximum absolute atomic E-state index is 6.00. The van der Waals surface area contributed by atoms with Crippen molar-refractivity contribution in [3.63, 3.8) is 0 Å². The molecular weight excluding hydrogens is 451 g/mol. The van der Waals surface area contributed by atoms with Crippen LogP contribution in [0.3, 0.4) is 0 Å². The average molecular weight is 468 g/mol. The number of hydrogen-bond donors (Lipinski definition) is 0. The summed E-state index contributed by atoms with van der Waals surface area (Å²) < 4.78 is 5.84. The number of hydrogen-bond acceptors (Lipinski definition) is 3. The Bertz CT molecular complexity index is 1190. The molecule has 0 fully saturated rings. The van der Waals surface area contributed by atoms with Gasteiger partial charge in [0.2, 0.25) is 0 Å². The molecule has 0 spiro atoms. The van der Waals surface area contributed by atoms with E-state index in [1.165, 1.54) is 0 Å². The zero-order valence-electron chi connectivity index (χ0n) is 16.3. The van der Waals surface area contributed by atoms with Gasteiger partial charge >= 0.3 is 0 Å². The molecule has 0 aliphatic heterocycles. The first-order valence-corrected chi connectivity index (χ1v) is 10.6. The van der Waals surface area contributed by atoms with E-state index in [1.54, 1.807) is 18.2 Å². The van der Waals surface area contributed by atoms with E-state index in [2.05, 4.69) is 10.2 Å². The number of azo groups is 1. The van der Waals surface area contributed by atoms with Crippen LogP contribution in [-0.2, 0) is 6.61 Å². The van der Waals surface area contributed by atoms with Gasteiger partial charge in [-0.15, -0.1) is 0 Å². The summed E-state index contributed by atoms with van der Waals surface area (Å²) in [5, 5.41) is 10.1. The average Bonchev–Trinajstić information content (AvgIpc) is 2.80. The highest BCUT2D eigenvalue weighted by Crippen LogP contribution is 2.29. The van der Waals surface area contributed by atoms with Gasteiger partial charge in [-0.2, -0.15) is 10.2 Å². The van der Waals surface area contributed by atoms with Crippen molar-refractivity contribution in [3.8, 4) is 16.9 Å². The Morgan fingerprint density at radius 1 is 0.581 bits per heavy atom. The molecule has 0 amide bonds. The van der Waals surface area contributed by atoms with Gasteiger partial charge in [0.15, 0.2) is 0 Å². The normalized spacial score (nSPS) is 11.1. The molecule has 0 N–H and O–H groups in total. The Morgan fingerprint density at radius 3 is 1.81 bits per heavy atom. The van der Waals surface area contributed by atoms with Crippen molar-refractivity contribution < 1.29 is 4.74 Å². The predicted molar refractivity (Wildman–Crippen MR) is 128 cm³/mol. The monoisotopic (exact) mass is 466 g/mol. The first kappa shape index (κ1) is 21.4. The number of halogens is 3. The molecule has 0 heterocycles. The van der Waals surface area contributed by atoms with Gasteiger partial charge < -0.3 is 4.74 Å². The summed E-state index contributed by atoms with van der Waals surface area (Å²) in [7, 11) is 0. The molecule has 154 valence electrons. The second-order valence-electron chi connectivity index (χ2n) is 6.78. The lowest BCUT2D eigenvalue weighted by atomic mass is 10.1.